The minimum atomic E-state index is -0.355. The molecule has 0 spiro atoms. The highest BCUT2D eigenvalue weighted by atomic mass is 16.6. The van der Waals surface area contributed by atoms with Crippen LogP contribution in [0.3, 0.4) is 0 Å². The molecule has 0 atom stereocenters. The van der Waals surface area contributed by atoms with Crippen LogP contribution >= 0.6 is 0 Å². The summed E-state index contributed by atoms with van der Waals surface area (Å²) in [5, 5.41) is 0. The number of amides is 3. The second-order valence-electron chi connectivity index (χ2n) is 6.83. The molecule has 9 nitrogen and oxygen atoms in total. The predicted octanol–water partition coefficient (Wildman–Crippen LogP) is -0.349. The van der Waals surface area contributed by atoms with Gasteiger partial charge in [0, 0.05) is 24.3 Å². The molecule has 1 fully saturated rings. The number of hydrogen-bond donors (Lipinski definition) is 3. The zero-order valence-electron chi connectivity index (χ0n) is 17.5. The third-order valence-electron chi connectivity index (χ3n) is 4.98. The standard InChI is InChI=1S/C20H31N5O4/c1-4-24(5-2)17-9-7-16(8-10-17)19(27)22-21-18(26)15-23-11-13-25(14-12-23)20(28)29-6-3/h7-10H,4-6,11-15H2,1-3H3,(H,21,26)(H,22,27)/p+1. The number of benzene rings is 1. The monoisotopic (exact) mass is 406 g/mol. The lowest BCUT2D eigenvalue weighted by molar-refractivity contribution is -0.896. The van der Waals surface area contributed by atoms with Crippen molar-refractivity contribution >= 4 is 23.6 Å². The van der Waals surface area contributed by atoms with E-state index in [1.165, 1.54) is 0 Å². The molecule has 1 heterocycles. The molecule has 9 heteroatoms. The largest absolute Gasteiger partial charge is 0.450 e. The summed E-state index contributed by atoms with van der Waals surface area (Å²) in [5.41, 5.74) is 6.47. The van der Waals surface area contributed by atoms with Crippen molar-refractivity contribution in [3.63, 3.8) is 0 Å². The van der Waals surface area contributed by atoms with Crippen LogP contribution in [-0.4, -0.2) is 75.2 Å². The zero-order valence-corrected chi connectivity index (χ0v) is 17.5. The van der Waals surface area contributed by atoms with E-state index in [1.54, 1.807) is 24.0 Å². The average Bonchev–Trinajstić information content (AvgIpc) is 2.74. The Balaban J connectivity index is 1.74. The number of hydrogen-bond acceptors (Lipinski definition) is 5. The Morgan fingerprint density at radius 3 is 2.21 bits per heavy atom. The van der Waals surface area contributed by atoms with Crippen LogP contribution in [0.1, 0.15) is 31.1 Å². The first-order valence-electron chi connectivity index (χ1n) is 10.2. The Morgan fingerprint density at radius 1 is 1.03 bits per heavy atom. The van der Waals surface area contributed by atoms with Crippen LogP contribution in [0.2, 0.25) is 0 Å². The minimum absolute atomic E-state index is 0.234. The van der Waals surface area contributed by atoms with Crippen LogP contribution in [-0.2, 0) is 9.53 Å². The van der Waals surface area contributed by atoms with Gasteiger partial charge >= 0.3 is 6.09 Å². The van der Waals surface area contributed by atoms with E-state index < -0.39 is 0 Å². The van der Waals surface area contributed by atoms with Crippen molar-refractivity contribution in [2.45, 2.75) is 20.8 Å². The van der Waals surface area contributed by atoms with Crippen molar-refractivity contribution in [3.8, 4) is 0 Å². The van der Waals surface area contributed by atoms with Gasteiger partial charge in [0.1, 0.15) is 0 Å². The van der Waals surface area contributed by atoms with E-state index in [9.17, 15) is 14.4 Å². The molecular weight excluding hydrogens is 374 g/mol. The molecule has 1 aromatic rings. The highest BCUT2D eigenvalue weighted by Gasteiger charge is 2.26. The van der Waals surface area contributed by atoms with Gasteiger partial charge in [0.25, 0.3) is 11.8 Å². The van der Waals surface area contributed by atoms with Crippen LogP contribution in [0.5, 0.6) is 0 Å². The zero-order chi connectivity index (χ0) is 21.2. The highest BCUT2D eigenvalue weighted by Crippen LogP contribution is 2.14. The summed E-state index contributed by atoms with van der Waals surface area (Å²) in [6.45, 7) is 10.7. The maximum absolute atomic E-state index is 12.2. The Hall–Kier alpha value is -2.81. The maximum Gasteiger partial charge on any atom is 0.410 e. The molecule has 1 aliphatic heterocycles. The Morgan fingerprint density at radius 2 is 1.66 bits per heavy atom. The lowest BCUT2D eigenvalue weighted by Gasteiger charge is -2.31. The quantitative estimate of drug-likeness (QED) is 0.538. The van der Waals surface area contributed by atoms with E-state index >= 15 is 0 Å². The number of piperazine rings is 1. The molecule has 2 rings (SSSR count). The van der Waals surface area contributed by atoms with E-state index in [0.29, 0.717) is 38.3 Å². The summed E-state index contributed by atoms with van der Waals surface area (Å²) in [6.07, 6.45) is -0.310. The van der Waals surface area contributed by atoms with Gasteiger partial charge in [0.05, 0.1) is 32.8 Å². The SMILES string of the molecule is CCOC(=O)N1CC[NH+](CC(=O)NNC(=O)c2ccc(N(CC)CC)cc2)CC1. The van der Waals surface area contributed by atoms with Gasteiger partial charge in [-0.05, 0) is 45.0 Å². The topological polar surface area (TPSA) is 95.4 Å². The number of nitrogens with one attached hydrogen (secondary N) is 3. The summed E-state index contributed by atoms with van der Waals surface area (Å²) >= 11 is 0. The van der Waals surface area contributed by atoms with Gasteiger partial charge in [-0.2, -0.15) is 0 Å². The van der Waals surface area contributed by atoms with E-state index in [-0.39, 0.29) is 24.5 Å². The van der Waals surface area contributed by atoms with E-state index in [1.807, 2.05) is 12.1 Å². The molecule has 1 aliphatic rings. The first-order chi connectivity index (χ1) is 14.0. The van der Waals surface area contributed by atoms with Crippen LogP contribution in [0.25, 0.3) is 0 Å². The van der Waals surface area contributed by atoms with Gasteiger partial charge in [0.2, 0.25) is 0 Å². The van der Waals surface area contributed by atoms with Crippen molar-refractivity contribution < 1.29 is 24.0 Å². The van der Waals surface area contributed by atoms with Crippen LogP contribution < -0.4 is 20.7 Å². The normalized spacial score (nSPS) is 14.2. The first-order valence-corrected chi connectivity index (χ1v) is 10.2. The number of anilines is 1. The minimum Gasteiger partial charge on any atom is -0.450 e. The number of carbonyl (C=O) groups excluding carboxylic acids is 3. The third kappa shape index (κ3) is 6.63. The van der Waals surface area contributed by atoms with Crippen molar-refractivity contribution in [1.82, 2.24) is 15.8 Å². The molecule has 1 saturated heterocycles. The molecule has 3 amide bonds. The number of carbonyl (C=O) groups is 3. The number of quaternary nitrogens is 1. The highest BCUT2D eigenvalue weighted by molar-refractivity contribution is 5.95. The molecule has 0 bridgehead atoms. The van der Waals surface area contributed by atoms with E-state index in [2.05, 4.69) is 29.6 Å². The van der Waals surface area contributed by atoms with Gasteiger partial charge in [-0.3, -0.25) is 25.3 Å². The summed E-state index contributed by atoms with van der Waals surface area (Å²) in [5.74, 6) is -0.621. The van der Waals surface area contributed by atoms with Crippen molar-refractivity contribution in [2.24, 2.45) is 0 Å². The van der Waals surface area contributed by atoms with Crippen LogP contribution in [0, 0.1) is 0 Å². The fourth-order valence-electron chi connectivity index (χ4n) is 3.28. The summed E-state index contributed by atoms with van der Waals surface area (Å²) in [4.78, 5) is 41.0. The molecule has 3 N–H and O–H groups in total. The number of hydrazine groups is 1. The van der Waals surface area contributed by atoms with Gasteiger partial charge in [-0.25, -0.2) is 4.79 Å². The summed E-state index contributed by atoms with van der Waals surface area (Å²) in [7, 11) is 0. The Bertz CT molecular complexity index is 683. The summed E-state index contributed by atoms with van der Waals surface area (Å²) < 4.78 is 4.99. The second kappa shape index (κ2) is 11.3. The number of ether oxygens (including phenoxy) is 1. The van der Waals surface area contributed by atoms with Crippen molar-refractivity contribution in [1.29, 1.82) is 0 Å². The van der Waals surface area contributed by atoms with E-state index in [4.69, 9.17) is 4.74 Å². The predicted molar refractivity (Wildman–Crippen MR) is 110 cm³/mol. The average molecular weight is 407 g/mol. The molecule has 0 saturated carbocycles. The second-order valence-corrected chi connectivity index (χ2v) is 6.83. The molecule has 160 valence electrons. The Kier molecular flexibility index (Phi) is 8.72. The van der Waals surface area contributed by atoms with Crippen LogP contribution in [0.15, 0.2) is 24.3 Å². The number of rotatable bonds is 7. The number of nitrogens with zero attached hydrogens (tertiary/aromatic N) is 2. The molecule has 0 aromatic heterocycles. The van der Waals surface area contributed by atoms with Gasteiger partial charge in [-0.15, -0.1) is 0 Å². The fraction of sp³-hybridized carbons (Fsp3) is 0.550. The maximum atomic E-state index is 12.2. The lowest BCUT2D eigenvalue weighted by atomic mass is 10.2. The Labute approximate surface area is 171 Å². The van der Waals surface area contributed by atoms with E-state index in [0.717, 1.165) is 23.7 Å². The molecule has 1 aromatic carbocycles. The van der Waals surface area contributed by atoms with Crippen molar-refractivity contribution in [2.75, 3.05) is 57.3 Å². The molecule has 0 aliphatic carbocycles. The smallest absolute Gasteiger partial charge is 0.410 e. The lowest BCUT2D eigenvalue weighted by Crippen LogP contribution is -3.16. The fourth-order valence-corrected chi connectivity index (χ4v) is 3.28. The third-order valence-corrected chi connectivity index (χ3v) is 4.98. The molecule has 29 heavy (non-hydrogen) atoms. The van der Waals surface area contributed by atoms with Crippen LogP contribution in [0.4, 0.5) is 10.5 Å². The molecule has 0 unspecified atom stereocenters. The summed E-state index contributed by atoms with van der Waals surface area (Å²) in [6, 6.07) is 7.29. The molecular formula is C20H32N5O4+. The van der Waals surface area contributed by atoms with Gasteiger partial charge < -0.3 is 14.5 Å². The van der Waals surface area contributed by atoms with Crippen molar-refractivity contribution in [3.05, 3.63) is 29.8 Å². The van der Waals surface area contributed by atoms with Gasteiger partial charge in [-0.1, -0.05) is 0 Å². The van der Waals surface area contributed by atoms with Gasteiger partial charge in [0.15, 0.2) is 6.54 Å². The first kappa shape index (κ1) is 22.5. The molecule has 0 radical (unpaired) electrons.